The molecule has 1 saturated heterocycles. The van der Waals surface area contributed by atoms with Crippen LogP contribution in [0.1, 0.15) is 8.35 Å². The molecule has 0 aromatic rings. The average Bonchev–Trinajstić information content (AvgIpc) is 2.13. The average molecular weight is 262 g/mol. The van der Waals surface area contributed by atoms with Crippen LogP contribution in [0.15, 0.2) is 0 Å². The van der Waals surface area contributed by atoms with E-state index in [1.165, 1.54) is 6.92 Å². The molecule has 1 rings (SSSR count). The molecule has 1 fully saturated rings. The summed E-state index contributed by atoms with van der Waals surface area (Å²) in [6.07, 6.45) is -1.06. The second kappa shape index (κ2) is 7.27. The number of hydrogen-bond donors (Lipinski definition) is 3. The zero-order valence-corrected chi connectivity index (χ0v) is 12.6. The molecule has 1 aliphatic rings. The molecule has 2 unspecified atom stereocenters. The quantitative estimate of drug-likeness (QED) is 0.350. The number of nitrogens with one attached hydrogen (secondary N) is 1. The van der Waals surface area contributed by atoms with Gasteiger partial charge in [0.2, 0.25) is 0 Å². The Morgan fingerprint density at radius 2 is 1.94 bits per heavy atom. The van der Waals surface area contributed by atoms with Crippen molar-refractivity contribution in [2.45, 2.75) is 18.3 Å². The topological polar surface area (TPSA) is 89.9 Å². The van der Waals surface area contributed by atoms with Gasteiger partial charge in [-0.1, -0.05) is 0 Å². The zero-order valence-electron chi connectivity index (χ0n) is 10.8. The van der Waals surface area contributed by atoms with Crippen LogP contribution in [0.5, 0.6) is 0 Å². The SMILES string of the molecule is CC(O)C(CN1CCNCC1)S(=O)(=O)O.[H-].[Na+]. The Morgan fingerprint density at radius 1 is 1.44 bits per heavy atom. The first-order chi connectivity index (χ1) is 6.91. The number of aliphatic hydroxyl groups excluding tert-OH is 1. The minimum atomic E-state index is -4.18. The van der Waals surface area contributed by atoms with Gasteiger partial charge in [0.15, 0.2) is 0 Å². The van der Waals surface area contributed by atoms with E-state index in [-0.39, 0.29) is 37.5 Å². The molecule has 2 atom stereocenters. The second-order valence-corrected chi connectivity index (χ2v) is 5.48. The van der Waals surface area contributed by atoms with Crippen molar-refractivity contribution in [1.29, 1.82) is 0 Å². The van der Waals surface area contributed by atoms with E-state index in [1.54, 1.807) is 0 Å². The van der Waals surface area contributed by atoms with Gasteiger partial charge in [-0.2, -0.15) is 8.42 Å². The molecule has 8 heteroatoms. The molecule has 1 heterocycles. The third-order valence-electron chi connectivity index (χ3n) is 2.57. The molecule has 16 heavy (non-hydrogen) atoms. The summed E-state index contributed by atoms with van der Waals surface area (Å²) in [6, 6.07) is 0. The molecular formula is C8H19N2NaO4S. The van der Waals surface area contributed by atoms with Gasteiger partial charge < -0.3 is 11.8 Å². The summed E-state index contributed by atoms with van der Waals surface area (Å²) >= 11 is 0. The van der Waals surface area contributed by atoms with Crippen LogP contribution < -0.4 is 34.9 Å². The Morgan fingerprint density at radius 3 is 2.31 bits per heavy atom. The molecule has 0 saturated carbocycles. The first kappa shape index (κ1) is 16.8. The Hall–Kier alpha value is 0.790. The van der Waals surface area contributed by atoms with E-state index in [1.807, 2.05) is 4.90 Å². The first-order valence-electron chi connectivity index (χ1n) is 4.98. The van der Waals surface area contributed by atoms with Crippen LogP contribution in [-0.2, 0) is 10.1 Å². The molecule has 0 aliphatic carbocycles. The molecule has 0 spiro atoms. The van der Waals surface area contributed by atoms with Crippen molar-refractivity contribution in [2.24, 2.45) is 0 Å². The van der Waals surface area contributed by atoms with Gasteiger partial charge in [-0.25, -0.2) is 0 Å². The number of aliphatic hydroxyl groups is 1. The fourth-order valence-corrected chi connectivity index (χ4v) is 2.54. The fourth-order valence-electron chi connectivity index (χ4n) is 1.64. The fraction of sp³-hybridized carbons (Fsp3) is 1.00. The number of hydrogen-bond acceptors (Lipinski definition) is 5. The van der Waals surface area contributed by atoms with Gasteiger partial charge in [-0.3, -0.25) is 9.45 Å². The van der Waals surface area contributed by atoms with Crippen molar-refractivity contribution in [2.75, 3.05) is 32.7 Å². The van der Waals surface area contributed by atoms with E-state index in [2.05, 4.69) is 5.32 Å². The largest absolute Gasteiger partial charge is 1.00 e. The van der Waals surface area contributed by atoms with Crippen molar-refractivity contribution < 1.29 is 49.1 Å². The molecule has 0 amide bonds. The van der Waals surface area contributed by atoms with E-state index in [0.29, 0.717) is 0 Å². The van der Waals surface area contributed by atoms with Crippen molar-refractivity contribution in [3.05, 3.63) is 0 Å². The molecule has 0 aromatic carbocycles. The summed E-state index contributed by atoms with van der Waals surface area (Å²) in [5, 5.41) is 11.3. The van der Waals surface area contributed by atoms with Gasteiger partial charge in [0.1, 0.15) is 5.25 Å². The zero-order chi connectivity index (χ0) is 11.5. The van der Waals surface area contributed by atoms with Crippen LogP contribution in [0, 0.1) is 0 Å². The Kier molecular flexibility index (Phi) is 7.63. The smallest absolute Gasteiger partial charge is 1.00 e. The van der Waals surface area contributed by atoms with Gasteiger partial charge in [-0.05, 0) is 6.92 Å². The van der Waals surface area contributed by atoms with Crippen LogP contribution in [0.3, 0.4) is 0 Å². The van der Waals surface area contributed by atoms with Crippen LogP contribution in [0.25, 0.3) is 0 Å². The van der Waals surface area contributed by atoms with E-state index in [9.17, 15) is 13.5 Å². The van der Waals surface area contributed by atoms with E-state index in [4.69, 9.17) is 4.55 Å². The molecule has 3 N–H and O–H groups in total. The van der Waals surface area contributed by atoms with Crippen molar-refractivity contribution in [3.8, 4) is 0 Å². The summed E-state index contributed by atoms with van der Waals surface area (Å²) in [5.41, 5.74) is 0. The minimum Gasteiger partial charge on any atom is -1.00 e. The molecule has 0 radical (unpaired) electrons. The minimum absolute atomic E-state index is 0. The predicted molar refractivity (Wildman–Crippen MR) is 57.4 cm³/mol. The van der Waals surface area contributed by atoms with Crippen LogP contribution in [0.4, 0.5) is 0 Å². The maximum Gasteiger partial charge on any atom is 1.00 e. The number of rotatable bonds is 4. The first-order valence-corrected chi connectivity index (χ1v) is 6.49. The Balaban J connectivity index is 0. The third kappa shape index (κ3) is 5.42. The normalized spacial score (nSPS) is 22.2. The van der Waals surface area contributed by atoms with E-state index < -0.39 is 21.5 Å². The summed E-state index contributed by atoms with van der Waals surface area (Å²) < 4.78 is 30.9. The molecule has 6 nitrogen and oxygen atoms in total. The van der Waals surface area contributed by atoms with Crippen molar-refractivity contribution >= 4 is 10.1 Å². The Bertz CT molecular complexity index is 296. The maximum atomic E-state index is 11.0. The molecule has 0 bridgehead atoms. The summed E-state index contributed by atoms with van der Waals surface area (Å²) in [6.45, 7) is 4.63. The summed E-state index contributed by atoms with van der Waals surface area (Å²) in [5.74, 6) is 0. The van der Waals surface area contributed by atoms with Gasteiger partial charge in [0, 0.05) is 32.7 Å². The van der Waals surface area contributed by atoms with Gasteiger partial charge in [0.05, 0.1) is 6.10 Å². The molecule has 92 valence electrons. The summed E-state index contributed by atoms with van der Waals surface area (Å²) in [4.78, 5) is 1.92. The van der Waals surface area contributed by atoms with Crippen LogP contribution >= 0.6 is 0 Å². The van der Waals surface area contributed by atoms with Gasteiger partial charge >= 0.3 is 29.6 Å². The Labute approximate surface area is 120 Å². The monoisotopic (exact) mass is 262 g/mol. The number of piperazine rings is 1. The molecular weight excluding hydrogens is 243 g/mol. The maximum absolute atomic E-state index is 11.0. The van der Waals surface area contributed by atoms with Crippen LogP contribution in [-0.4, -0.2) is 67.1 Å². The predicted octanol–water partition coefficient (Wildman–Crippen LogP) is -4.35. The molecule has 1 aliphatic heterocycles. The van der Waals surface area contributed by atoms with Crippen molar-refractivity contribution in [1.82, 2.24) is 10.2 Å². The molecule has 0 aromatic heterocycles. The van der Waals surface area contributed by atoms with Gasteiger partial charge in [-0.15, -0.1) is 0 Å². The van der Waals surface area contributed by atoms with Crippen molar-refractivity contribution in [3.63, 3.8) is 0 Å². The number of nitrogens with zero attached hydrogens (tertiary/aromatic N) is 1. The summed E-state index contributed by atoms with van der Waals surface area (Å²) in [7, 11) is -4.18. The second-order valence-electron chi connectivity index (χ2n) is 3.84. The standard InChI is InChI=1S/C8H18N2O4S.Na.H/c1-7(11)8(15(12,13)14)6-10-4-2-9-3-5-10;;/h7-9,11H,2-6H2,1H3,(H,12,13,14);;/q;+1;-1. The van der Waals surface area contributed by atoms with Crippen LogP contribution in [0.2, 0.25) is 0 Å². The van der Waals surface area contributed by atoms with E-state index in [0.717, 1.165) is 26.2 Å². The van der Waals surface area contributed by atoms with E-state index >= 15 is 0 Å². The third-order valence-corrected chi connectivity index (χ3v) is 3.88. The van der Waals surface area contributed by atoms with Gasteiger partial charge in [0.25, 0.3) is 10.1 Å².